The van der Waals surface area contributed by atoms with Crippen LogP contribution in [0.1, 0.15) is 24.1 Å². The van der Waals surface area contributed by atoms with Crippen molar-refractivity contribution < 1.29 is 22.3 Å². The first-order valence-corrected chi connectivity index (χ1v) is 5.95. The van der Waals surface area contributed by atoms with Gasteiger partial charge in [0.15, 0.2) is 0 Å². The molecule has 0 aliphatic rings. The van der Waals surface area contributed by atoms with Crippen LogP contribution >= 0.6 is 0 Å². The number of hydrogen-bond donors (Lipinski definition) is 1. The number of ether oxygens (including phenoxy) is 1. The Morgan fingerprint density at radius 3 is 2.58 bits per heavy atom. The van der Waals surface area contributed by atoms with Gasteiger partial charge in [0.1, 0.15) is 6.61 Å². The number of alkyl halides is 4. The van der Waals surface area contributed by atoms with Gasteiger partial charge in [-0.25, -0.2) is 8.78 Å². The van der Waals surface area contributed by atoms with Crippen molar-refractivity contribution in [3.05, 3.63) is 35.4 Å². The van der Waals surface area contributed by atoms with E-state index in [4.69, 9.17) is 5.73 Å². The van der Waals surface area contributed by atoms with Gasteiger partial charge in [0.2, 0.25) is 0 Å². The van der Waals surface area contributed by atoms with Crippen molar-refractivity contribution in [2.24, 2.45) is 5.73 Å². The van der Waals surface area contributed by atoms with Crippen molar-refractivity contribution in [1.29, 1.82) is 0 Å². The van der Waals surface area contributed by atoms with Gasteiger partial charge in [-0.1, -0.05) is 31.2 Å². The SMILES string of the molecule is CCc1cccc(C(N)COCC(F)(F)C(F)F)c1. The van der Waals surface area contributed by atoms with Gasteiger partial charge in [0.25, 0.3) is 0 Å². The highest BCUT2D eigenvalue weighted by molar-refractivity contribution is 5.25. The Balaban J connectivity index is 2.49. The van der Waals surface area contributed by atoms with Gasteiger partial charge in [-0.15, -0.1) is 0 Å². The fourth-order valence-electron chi connectivity index (χ4n) is 1.52. The lowest BCUT2D eigenvalue weighted by atomic mass is 10.0. The summed E-state index contributed by atoms with van der Waals surface area (Å²) in [6.07, 6.45) is -2.91. The predicted molar refractivity (Wildman–Crippen MR) is 64.5 cm³/mol. The van der Waals surface area contributed by atoms with Crippen LogP contribution in [0.15, 0.2) is 24.3 Å². The van der Waals surface area contributed by atoms with Gasteiger partial charge in [0, 0.05) is 0 Å². The van der Waals surface area contributed by atoms with Crippen LogP contribution < -0.4 is 5.73 Å². The van der Waals surface area contributed by atoms with Crippen LogP contribution in [0.4, 0.5) is 17.6 Å². The fraction of sp³-hybridized carbons (Fsp3) is 0.538. The monoisotopic (exact) mass is 279 g/mol. The van der Waals surface area contributed by atoms with Crippen molar-refractivity contribution >= 4 is 0 Å². The molecule has 0 heterocycles. The summed E-state index contributed by atoms with van der Waals surface area (Å²) < 4.78 is 53.6. The van der Waals surface area contributed by atoms with E-state index in [2.05, 4.69) is 4.74 Å². The first-order valence-electron chi connectivity index (χ1n) is 5.95. The first kappa shape index (κ1) is 15.9. The summed E-state index contributed by atoms with van der Waals surface area (Å²) >= 11 is 0. The van der Waals surface area contributed by atoms with Gasteiger partial charge < -0.3 is 10.5 Å². The van der Waals surface area contributed by atoms with E-state index < -0.39 is 25.0 Å². The highest BCUT2D eigenvalue weighted by Gasteiger charge is 2.41. The Kier molecular flexibility index (Phi) is 5.75. The summed E-state index contributed by atoms with van der Waals surface area (Å²) in [5, 5.41) is 0. The molecule has 0 aromatic heterocycles. The minimum atomic E-state index is -4.13. The van der Waals surface area contributed by atoms with Crippen LogP contribution in [0.2, 0.25) is 0 Å². The molecular weight excluding hydrogens is 262 g/mol. The molecule has 0 saturated carbocycles. The van der Waals surface area contributed by atoms with Crippen molar-refractivity contribution in [1.82, 2.24) is 0 Å². The molecule has 1 unspecified atom stereocenters. The molecule has 0 bridgehead atoms. The lowest BCUT2D eigenvalue weighted by Gasteiger charge is -2.18. The minimum absolute atomic E-state index is 0.227. The predicted octanol–water partition coefficient (Wildman–Crippen LogP) is 3.17. The first-order chi connectivity index (χ1) is 8.86. The number of aryl methyl sites for hydroxylation is 1. The second-order valence-electron chi connectivity index (χ2n) is 4.28. The van der Waals surface area contributed by atoms with Crippen molar-refractivity contribution in [3.8, 4) is 0 Å². The third kappa shape index (κ3) is 4.80. The van der Waals surface area contributed by atoms with Crippen LogP contribution in [0, 0.1) is 0 Å². The quantitative estimate of drug-likeness (QED) is 0.778. The molecular formula is C13H17F4NO. The molecule has 6 heteroatoms. The normalized spacial score (nSPS) is 13.8. The largest absolute Gasteiger partial charge is 0.373 e. The van der Waals surface area contributed by atoms with E-state index in [-0.39, 0.29) is 6.61 Å². The summed E-state index contributed by atoms with van der Waals surface area (Å²) in [7, 11) is 0. The molecule has 0 spiro atoms. The van der Waals surface area contributed by atoms with Crippen LogP contribution in [-0.4, -0.2) is 25.6 Å². The Morgan fingerprint density at radius 1 is 1.32 bits per heavy atom. The van der Waals surface area contributed by atoms with Crippen molar-refractivity contribution in [3.63, 3.8) is 0 Å². The number of nitrogens with two attached hydrogens (primary N) is 1. The highest BCUT2D eigenvalue weighted by atomic mass is 19.3. The smallest absolute Gasteiger partial charge is 0.330 e. The molecule has 0 radical (unpaired) electrons. The second kappa shape index (κ2) is 6.86. The number of hydrogen-bond acceptors (Lipinski definition) is 2. The number of benzene rings is 1. The zero-order valence-corrected chi connectivity index (χ0v) is 10.6. The fourth-order valence-corrected chi connectivity index (χ4v) is 1.52. The van der Waals surface area contributed by atoms with E-state index in [1.165, 1.54) is 0 Å². The number of halogens is 4. The average molecular weight is 279 g/mol. The van der Waals surface area contributed by atoms with Gasteiger partial charge in [-0.2, -0.15) is 8.78 Å². The van der Waals surface area contributed by atoms with E-state index in [1.54, 1.807) is 6.07 Å². The summed E-state index contributed by atoms with van der Waals surface area (Å²) in [4.78, 5) is 0. The Hall–Kier alpha value is -1.14. The van der Waals surface area contributed by atoms with Crippen LogP contribution in [0.25, 0.3) is 0 Å². The van der Waals surface area contributed by atoms with Crippen molar-refractivity contribution in [2.75, 3.05) is 13.2 Å². The highest BCUT2D eigenvalue weighted by Crippen LogP contribution is 2.23. The molecule has 0 fully saturated rings. The molecule has 0 saturated heterocycles. The third-order valence-electron chi connectivity index (χ3n) is 2.70. The molecule has 1 rings (SSSR count). The van der Waals surface area contributed by atoms with Gasteiger partial charge >= 0.3 is 12.3 Å². The maximum atomic E-state index is 12.6. The van der Waals surface area contributed by atoms with E-state index in [0.29, 0.717) is 0 Å². The maximum Gasteiger partial charge on any atom is 0.330 e. The zero-order valence-electron chi connectivity index (χ0n) is 10.6. The molecule has 1 atom stereocenters. The van der Waals surface area contributed by atoms with Crippen molar-refractivity contribution in [2.45, 2.75) is 31.7 Å². The second-order valence-corrected chi connectivity index (χ2v) is 4.28. The Labute approximate surface area is 109 Å². The lowest BCUT2D eigenvalue weighted by Crippen LogP contribution is -2.33. The van der Waals surface area contributed by atoms with E-state index >= 15 is 0 Å². The molecule has 0 aliphatic heterocycles. The zero-order chi connectivity index (χ0) is 14.5. The summed E-state index contributed by atoms with van der Waals surface area (Å²) in [5.41, 5.74) is 7.56. The molecule has 19 heavy (non-hydrogen) atoms. The van der Waals surface area contributed by atoms with Crippen LogP contribution in [-0.2, 0) is 11.2 Å². The Bertz CT molecular complexity index is 398. The summed E-state index contributed by atoms with van der Waals surface area (Å²) in [6, 6.07) is 6.71. The van der Waals surface area contributed by atoms with E-state index in [9.17, 15) is 17.6 Å². The summed E-state index contributed by atoms with van der Waals surface area (Å²) in [6.45, 7) is 0.422. The maximum absolute atomic E-state index is 12.6. The Morgan fingerprint density at radius 2 is 2.00 bits per heavy atom. The van der Waals surface area contributed by atoms with Crippen LogP contribution in [0.5, 0.6) is 0 Å². The molecule has 0 amide bonds. The molecule has 108 valence electrons. The lowest BCUT2D eigenvalue weighted by molar-refractivity contribution is -0.166. The standard InChI is InChI=1S/C13H17F4NO/c1-2-9-4-3-5-10(6-9)11(18)7-19-8-13(16,17)12(14)15/h3-6,11-12H,2,7-8,18H2,1H3. The molecule has 2 N–H and O–H groups in total. The van der Waals surface area contributed by atoms with Gasteiger partial charge in [0.05, 0.1) is 12.6 Å². The molecule has 1 aromatic carbocycles. The number of rotatable bonds is 7. The molecule has 1 aromatic rings. The van der Waals surface area contributed by atoms with E-state index in [0.717, 1.165) is 17.5 Å². The van der Waals surface area contributed by atoms with Gasteiger partial charge in [-0.05, 0) is 17.5 Å². The average Bonchev–Trinajstić information content (AvgIpc) is 2.38. The topological polar surface area (TPSA) is 35.2 Å². The summed E-state index contributed by atoms with van der Waals surface area (Å²) in [5.74, 6) is -4.13. The van der Waals surface area contributed by atoms with E-state index in [1.807, 2.05) is 25.1 Å². The molecule has 0 aliphatic carbocycles. The molecule has 2 nitrogen and oxygen atoms in total. The minimum Gasteiger partial charge on any atom is -0.373 e. The van der Waals surface area contributed by atoms with Gasteiger partial charge in [-0.3, -0.25) is 0 Å². The third-order valence-corrected chi connectivity index (χ3v) is 2.70. The van der Waals surface area contributed by atoms with Crippen LogP contribution in [0.3, 0.4) is 0 Å².